The predicted octanol–water partition coefficient (Wildman–Crippen LogP) is 2.63. The van der Waals surface area contributed by atoms with Crippen molar-refractivity contribution in [2.45, 2.75) is 82.8 Å². The quantitative estimate of drug-likeness (QED) is 0.814. The van der Waals surface area contributed by atoms with E-state index in [-0.39, 0.29) is 0 Å². The number of carboxylic acids is 1. The SMILES string of the molecule is CCCNC1(C(=O)O)CCCC(N2CCCCC2C)C1. The Hall–Kier alpha value is -0.610. The molecule has 0 aromatic carbocycles. The first-order valence-corrected chi connectivity index (χ1v) is 8.33. The fourth-order valence-electron chi connectivity index (χ4n) is 3.99. The third-order valence-electron chi connectivity index (χ3n) is 5.17. The van der Waals surface area contributed by atoms with Gasteiger partial charge in [-0.25, -0.2) is 0 Å². The number of likely N-dealkylation sites (tertiary alicyclic amines) is 1. The third-order valence-corrected chi connectivity index (χ3v) is 5.17. The molecule has 1 aliphatic heterocycles. The van der Waals surface area contributed by atoms with Crippen LogP contribution in [0.3, 0.4) is 0 Å². The highest BCUT2D eigenvalue weighted by atomic mass is 16.4. The molecule has 1 heterocycles. The molecule has 4 nitrogen and oxygen atoms in total. The first kappa shape index (κ1) is 15.8. The Labute approximate surface area is 122 Å². The first-order valence-electron chi connectivity index (χ1n) is 8.33. The van der Waals surface area contributed by atoms with Gasteiger partial charge in [0.15, 0.2) is 0 Å². The molecule has 3 atom stereocenters. The molecule has 0 aromatic rings. The second kappa shape index (κ2) is 6.90. The van der Waals surface area contributed by atoms with Crippen LogP contribution in [0.25, 0.3) is 0 Å². The highest BCUT2D eigenvalue weighted by Crippen LogP contribution is 2.34. The number of carbonyl (C=O) groups is 1. The van der Waals surface area contributed by atoms with Gasteiger partial charge in [-0.1, -0.05) is 13.3 Å². The average Bonchev–Trinajstić information content (AvgIpc) is 2.45. The maximum absolute atomic E-state index is 11.8. The zero-order chi connectivity index (χ0) is 14.6. The van der Waals surface area contributed by atoms with E-state index in [1.165, 1.54) is 19.3 Å². The van der Waals surface area contributed by atoms with E-state index in [4.69, 9.17) is 0 Å². The Morgan fingerprint density at radius 2 is 2.15 bits per heavy atom. The summed E-state index contributed by atoms with van der Waals surface area (Å²) < 4.78 is 0. The van der Waals surface area contributed by atoms with Crippen LogP contribution >= 0.6 is 0 Å². The third kappa shape index (κ3) is 3.34. The van der Waals surface area contributed by atoms with Crippen molar-refractivity contribution in [3.05, 3.63) is 0 Å². The largest absolute Gasteiger partial charge is 0.480 e. The van der Waals surface area contributed by atoms with Crippen LogP contribution in [0.15, 0.2) is 0 Å². The van der Waals surface area contributed by atoms with Gasteiger partial charge in [-0.15, -0.1) is 0 Å². The van der Waals surface area contributed by atoms with E-state index in [0.717, 1.165) is 45.2 Å². The summed E-state index contributed by atoms with van der Waals surface area (Å²) in [4.78, 5) is 14.4. The Morgan fingerprint density at radius 3 is 2.80 bits per heavy atom. The minimum atomic E-state index is -0.684. The standard InChI is InChI=1S/C16H30N2O2/c1-3-10-17-16(15(19)20)9-6-8-14(12-16)18-11-5-4-7-13(18)2/h13-14,17H,3-12H2,1-2H3,(H,19,20). The van der Waals surface area contributed by atoms with Crippen molar-refractivity contribution in [1.82, 2.24) is 10.2 Å². The van der Waals surface area contributed by atoms with Crippen LogP contribution in [0.2, 0.25) is 0 Å². The van der Waals surface area contributed by atoms with Crippen LogP contribution in [0.4, 0.5) is 0 Å². The highest BCUT2D eigenvalue weighted by Gasteiger charge is 2.44. The van der Waals surface area contributed by atoms with Gasteiger partial charge in [0.2, 0.25) is 0 Å². The number of hydrogen-bond acceptors (Lipinski definition) is 3. The lowest BCUT2D eigenvalue weighted by molar-refractivity contribution is -0.147. The van der Waals surface area contributed by atoms with Crippen LogP contribution < -0.4 is 5.32 Å². The summed E-state index contributed by atoms with van der Waals surface area (Å²) in [6.45, 7) is 6.34. The molecule has 2 N–H and O–H groups in total. The molecule has 116 valence electrons. The van der Waals surface area contributed by atoms with Crippen molar-refractivity contribution in [3.8, 4) is 0 Å². The van der Waals surface area contributed by atoms with Gasteiger partial charge in [0.05, 0.1) is 0 Å². The Balaban J connectivity index is 2.06. The molecule has 0 aromatic heterocycles. The molecule has 0 bridgehead atoms. The van der Waals surface area contributed by atoms with Crippen molar-refractivity contribution in [2.24, 2.45) is 0 Å². The van der Waals surface area contributed by atoms with Crippen LogP contribution in [-0.2, 0) is 4.79 Å². The summed E-state index contributed by atoms with van der Waals surface area (Å²) in [5, 5.41) is 13.1. The number of nitrogens with zero attached hydrogens (tertiary/aromatic N) is 1. The van der Waals surface area contributed by atoms with E-state index < -0.39 is 11.5 Å². The fourth-order valence-corrected chi connectivity index (χ4v) is 3.99. The van der Waals surface area contributed by atoms with Crippen LogP contribution in [-0.4, -0.2) is 46.7 Å². The van der Waals surface area contributed by atoms with Crippen LogP contribution in [0.5, 0.6) is 0 Å². The molecule has 20 heavy (non-hydrogen) atoms. The molecule has 1 aliphatic carbocycles. The second-order valence-corrected chi connectivity index (χ2v) is 6.65. The second-order valence-electron chi connectivity index (χ2n) is 6.65. The zero-order valence-electron chi connectivity index (χ0n) is 13.0. The molecule has 4 heteroatoms. The van der Waals surface area contributed by atoms with E-state index in [0.29, 0.717) is 12.1 Å². The lowest BCUT2D eigenvalue weighted by Gasteiger charge is -2.46. The number of carboxylic acid groups (broad SMARTS) is 1. The van der Waals surface area contributed by atoms with E-state index >= 15 is 0 Å². The van der Waals surface area contributed by atoms with Gasteiger partial charge in [0, 0.05) is 12.1 Å². The molecule has 2 rings (SSSR count). The molecule has 1 saturated heterocycles. The predicted molar refractivity (Wildman–Crippen MR) is 80.9 cm³/mol. The molecule has 2 aliphatic rings. The highest BCUT2D eigenvalue weighted by molar-refractivity contribution is 5.79. The lowest BCUT2D eigenvalue weighted by atomic mass is 9.77. The van der Waals surface area contributed by atoms with Gasteiger partial charge in [0.25, 0.3) is 0 Å². The van der Waals surface area contributed by atoms with Crippen molar-refractivity contribution in [3.63, 3.8) is 0 Å². The summed E-state index contributed by atoms with van der Waals surface area (Å²) in [6, 6.07) is 1.06. The summed E-state index contributed by atoms with van der Waals surface area (Å²) in [7, 11) is 0. The van der Waals surface area contributed by atoms with Crippen molar-refractivity contribution in [1.29, 1.82) is 0 Å². The smallest absolute Gasteiger partial charge is 0.323 e. The van der Waals surface area contributed by atoms with Gasteiger partial charge in [-0.05, 0) is 65.0 Å². The van der Waals surface area contributed by atoms with Crippen molar-refractivity contribution in [2.75, 3.05) is 13.1 Å². The number of rotatable bonds is 5. The summed E-state index contributed by atoms with van der Waals surface area (Å²) in [5.74, 6) is -0.652. The molecule has 3 unspecified atom stereocenters. The van der Waals surface area contributed by atoms with Crippen molar-refractivity contribution >= 4 is 5.97 Å². The molecule has 0 spiro atoms. The van der Waals surface area contributed by atoms with Gasteiger partial charge in [-0.2, -0.15) is 0 Å². The molecular formula is C16H30N2O2. The van der Waals surface area contributed by atoms with Crippen LogP contribution in [0, 0.1) is 0 Å². The van der Waals surface area contributed by atoms with E-state index in [9.17, 15) is 9.90 Å². The molecule has 2 fully saturated rings. The number of piperidine rings is 1. The molecular weight excluding hydrogens is 252 g/mol. The van der Waals surface area contributed by atoms with E-state index in [2.05, 4.69) is 24.1 Å². The minimum absolute atomic E-state index is 0.444. The van der Waals surface area contributed by atoms with Crippen molar-refractivity contribution < 1.29 is 9.90 Å². The number of aliphatic carboxylic acids is 1. The number of hydrogen-bond donors (Lipinski definition) is 2. The van der Waals surface area contributed by atoms with Gasteiger partial charge < -0.3 is 10.4 Å². The lowest BCUT2D eigenvalue weighted by Crippen LogP contribution is -2.59. The van der Waals surface area contributed by atoms with Gasteiger partial charge >= 0.3 is 5.97 Å². The average molecular weight is 282 g/mol. The minimum Gasteiger partial charge on any atom is -0.480 e. The van der Waals surface area contributed by atoms with E-state index in [1.807, 2.05) is 0 Å². The Bertz CT molecular complexity index is 334. The molecule has 1 saturated carbocycles. The normalized spacial score (nSPS) is 35.9. The Kier molecular flexibility index (Phi) is 5.44. The molecule has 0 radical (unpaired) electrons. The van der Waals surface area contributed by atoms with E-state index in [1.54, 1.807) is 0 Å². The summed E-state index contributed by atoms with van der Waals surface area (Å²) in [6.07, 6.45) is 8.57. The molecule has 0 amide bonds. The van der Waals surface area contributed by atoms with Gasteiger partial charge in [-0.3, -0.25) is 9.69 Å². The number of nitrogens with one attached hydrogen (secondary N) is 1. The van der Waals surface area contributed by atoms with Crippen LogP contribution in [0.1, 0.15) is 65.2 Å². The maximum Gasteiger partial charge on any atom is 0.323 e. The fraction of sp³-hybridized carbons (Fsp3) is 0.938. The Morgan fingerprint density at radius 1 is 1.35 bits per heavy atom. The first-order chi connectivity index (χ1) is 9.59. The monoisotopic (exact) mass is 282 g/mol. The summed E-state index contributed by atoms with van der Waals surface area (Å²) in [5.41, 5.74) is -0.684. The topological polar surface area (TPSA) is 52.6 Å². The maximum atomic E-state index is 11.8. The zero-order valence-corrected chi connectivity index (χ0v) is 13.0. The van der Waals surface area contributed by atoms with Gasteiger partial charge in [0.1, 0.15) is 5.54 Å². The summed E-state index contributed by atoms with van der Waals surface area (Å²) >= 11 is 0.